The van der Waals surface area contributed by atoms with E-state index >= 15 is 0 Å². The molecule has 0 radical (unpaired) electrons. The lowest BCUT2D eigenvalue weighted by atomic mass is 10.0. The van der Waals surface area contributed by atoms with Crippen molar-refractivity contribution in [2.75, 3.05) is 0 Å². The van der Waals surface area contributed by atoms with Crippen LogP contribution in [0.5, 0.6) is 0 Å². The van der Waals surface area contributed by atoms with Gasteiger partial charge in [-0.15, -0.1) is 0 Å². The van der Waals surface area contributed by atoms with Crippen molar-refractivity contribution >= 4 is 6.08 Å². The van der Waals surface area contributed by atoms with E-state index in [0.29, 0.717) is 0 Å². The lowest BCUT2D eigenvalue weighted by Crippen LogP contribution is -1.89. The Morgan fingerprint density at radius 1 is 1.21 bits per heavy atom. The average Bonchev–Trinajstić information content (AvgIpc) is 2.40. The van der Waals surface area contributed by atoms with Crippen LogP contribution in [0.3, 0.4) is 0 Å². The van der Waals surface area contributed by atoms with Crippen molar-refractivity contribution in [3.8, 4) is 0 Å². The monoisotopic (exact) mass is 182 g/mol. The molecule has 0 N–H and O–H groups in total. The molecule has 0 unspecified atom stereocenters. The SMILES string of the molecule is C/C=C/C1=CC=Cc2ccccc2C1. The summed E-state index contributed by atoms with van der Waals surface area (Å²) in [5.41, 5.74) is 4.11. The molecule has 0 aromatic heterocycles. The molecular formula is C14H14. The van der Waals surface area contributed by atoms with Crippen molar-refractivity contribution in [3.05, 3.63) is 65.3 Å². The second-order valence-corrected chi connectivity index (χ2v) is 3.48. The fourth-order valence-corrected chi connectivity index (χ4v) is 1.74. The van der Waals surface area contributed by atoms with Gasteiger partial charge in [0.25, 0.3) is 0 Å². The van der Waals surface area contributed by atoms with E-state index in [2.05, 4.69) is 61.6 Å². The number of hydrogen-bond donors (Lipinski definition) is 0. The van der Waals surface area contributed by atoms with Gasteiger partial charge in [-0.25, -0.2) is 0 Å². The molecule has 1 aliphatic carbocycles. The Hall–Kier alpha value is -1.56. The molecule has 0 saturated heterocycles. The van der Waals surface area contributed by atoms with Gasteiger partial charge in [0.05, 0.1) is 0 Å². The Balaban J connectivity index is 2.37. The summed E-state index contributed by atoms with van der Waals surface area (Å²) in [5, 5.41) is 0. The Kier molecular flexibility index (Phi) is 2.64. The molecule has 70 valence electrons. The molecule has 0 aliphatic heterocycles. The van der Waals surface area contributed by atoms with Gasteiger partial charge in [0.15, 0.2) is 0 Å². The van der Waals surface area contributed by atoms with Crippen LogP contribution >= 0.6 is 0 Å². The predicted octanol–water partition coefficient (Wildman–Crippen LogP) is 3.76. The summed E-state index contributed by atoms with van der Waals surface area (Å²) in [6, 6.07) is 8.55. The largest absolute Gasteiger partial charge is 0.0874 e. The fraction of sp³-hybridized carbons (Fsp3) is 0.143. The number of rotatable bonds is 1. The zero-order valence-corrected chi connectivity index (χ0v) is 8.40. The van der Waals surface area contributed by atoms with Gasteiger partial charge in [0, 0.05) is 0 Å². The van der Waals surface area contributed by atoms with E-state index in [4.69, 9.17) is 0 Å². The van der Waals surface area contributed by atoms with Crippen molar-refractivity contribution < 1.29 is 0 Å². The van der Waals surface area contributed by atoms with E-state index in [1.807, 2.05) is 0 Å². The molecule has 1 aromatic carbocycles. The Morgan fingerprint density at radius 3 is 2.93 bits per heavy atom. The third kappa shape index (κ3) is 1.85. The normalized spacial score (nSPS) is 15.1. The summed E-state index contributed by atoms with van der Waals surface area (Å²) in [4.78, 5) is 0. The molecule has 0 fully saturated rings. The van der Waals surface area contributed by atoms with Crippen molar-refractivity contribution in [1.29, 1.82) is 0 Å². The van der Waals surface area contributed by atoms with Crippen molar-refractivity contribution in [1.82, 2.24) is 0 Å². The third-order valence-corrected chi connectivity index (χ3v) is 2.42. The van der Waals surface area contributed by atoms with Gasteiger partial charge in [0.1, 0.15) is 0 Å². The van der Waals surface area contributed by atoms with Crippen LogP contribution in [0.15, 0.2) is 54.1 Å². The first kappa shape index (κ1) is 9.01. The summed E-state index contributed by atoms with van der Waals surface area (Å²) in [7, 11) is 0. The Morgan fingerprint density at radius 2 is 2.07 bits per heavy atom. The van der Waals surface area contributed by atoms with E-state index in [0.717, 1.165) is 6.42 Å². The quantitative estimate of drug-likeness (QED) is 0.620. The molecule has 0 amide bonds. The van der Waals surface area contributed by atoms with Crippen molar-refractivity contribution in [2.24, 2.45) is 0 Å². The van der Waals surface area contributed by atoms with E-state index in [1.54, 1.807) is 0 Å². The van der Waals surface area contributed by atoms with Crippen LogP contribution in [0.25, 0.3) is 6.08 Å². The summed E-state index contributed by atoms with van der Waals surface area (Å²) in [6.07, 6.45) is 11.8. The summed E-state index contributed by atoms with van der Waals surface area (Å²) in [5.74, 6) is 0. The standard InChI is InChI=1S/C14H14/c1-2-6-12-7-5-10-13-8-3-4-9-14(13)11-12/h2-10H,11H2,1H3/b6-2+. The molecule has 0 spiro atoms. The minimum Gasteiger partial charge on any atom is -0.0874 e. The topological polar surface area (TPSA) is 0 Å². The minimum atomic E-state index is 1.04. The highest BCUT2D eigenvalue weighted by molar-refractivity contribution is 5.59. The number of fused-ring (bicyclic) bond motifs is 1. The fourth-order valence-electron chi connectivity index (χ4n) is 1.74. The smallest absolute Gasteiger partial charge is 0.00200 e. The molecule has 14 heavy (non-hydrogen) atoms. The molecule has 0 bridgehead atoms. The van der Waals surface area contributed by atoms with Gasteiger partial charge < -0.3 is 0 Å². The van der Waals surface area contributed by atoms with Gasteiger partial charge in [-0.1, -0.05) is 54.6 Å². The lowest BCUT2D eigenvalue weighted by Gasteiger charge is -2.03. The molecule has 0 atom stereocenters. The Labute approximate surface area is 85.3 Å². The predicted molar refractivity (Wildman–Crippen MR) is 62.1 cm³/mol. The maximum Gasteiger partial charge on any atom is -0.00200 e. The van der Waals surface area contributed by atoms with Crippen LogP contribution in [0.4, 0.5) is 0 Å². The van der Waals surface area contributed by atoms with Crippen LogP contribution in [-0.4, -0.2) is 0 Å². The molecule has 2 rings (SSSR count). The van der Waals surface area contributed by atoms with Gasteiger partial charge in [-0.2, -0.15) is 0 Å². The van der Waals surface area contributed by atoms with Crippen molar-refractivity contribution in [2.45, 2.75) is 13.3 Å². The second-order valence-electron chi connectivity index (χ2n) is 3.48. The second kappa shape index (κ2) is 4.10. The summed E-state index contributed by atoms with van der Waals surface area (Å²) >= 11 is 0. The average molecular weight is 182 g/mol. The van der Waals surface area contributed by atoms with Crippen LogP contribution in [-0.2, 0) is 6.42 Å². The van der Waals surface area contributed by atoms with Crippen LogP contribution in [0.1, 0.15) is 18.1 Å². The summed E-state index contributed by atoms with van der Waals surface area (Å²) < 4.78 is 0. The highest BCUT2D eigenvalue weighted by atomic mass is 14.1. The molecule has 1 aliphatic rings. The molecular weight excluding hydrogens is 168 g/mol. The van der Waals surface area contributed by atoms with E-state index in [1.165, 1.54) is 16.7 Å². The van der Waals surface area contributed by atoms with Gasteiger partial charge in [0.2, 0.25) is 0 Å². The van der Waals surface area contributed by atoms with Crippen LogP contribution < -0.4 is 0 Å². The molecule has 1 aromatic rings. The number of benzene rings is 1. The zero-order chi connectivity index (χ0) is 9.80. The third-order valence-electron chi connectivity index (χ3n) is 2.42. The van der Waals surface area contributed by atoms with E-state index in [-0.39, 0.29) is 0 Å². The van der Waals surface area contributed by atoms with Gasteiger partial charge in [-0.3, -0.25) is 0 Å². The highest BCUT2D eigenvalue weighted by Crippen LogP contribution is 2.19. The van der Waals surface area contributed by atoms with Gasteiger partial charge >= 0.3 is 0 Å². The van der Waals surface area contributed by atoms with E-state index < -0.39 is 0 Å². The lowest BCUT2D eigenvalue weighted by molar-refractivity contribution is 1.19. The molecule has 0 heteroatoms. The van der Waals surface area contributed by atoms with Crippen molar-refractivity contribution in [3.63, 3.8) is 0 Å². The van der Waals surface area contributed by atoms with Crippen LogP contribution in [0, 0.1) is 0 Å². The van der Waals surface area contributed by atoms with E-state index in [9.17, 15) is 0 Å². The molecule has 0 heterocycles. The molecule has 0 nitrogen and oxygen atoms in total. The minimum absolute atomic E-state index is 1.04. The molecule has 0 saturated carbocycles. The first-order chi connectivity index (χ1) is 6.90. The summed E-state index contributed by atoms with van der Waals surface area (Å²) in [6.45, 7) is 2.06. The van der Waals surface area contributed by atoms with Gasteiger partial charge in [-0.05, 0) is 30.0 Å². The number of allylic oxidation sites excluding steroid dienone is 5. The highest BCUT2D eigenvalue weighted by Gasteiger charge is 2.02. The maximum absolute atomic E-state index is 2.20. The Bertz CT molecular complexity index is 406. The number of hydrogen-bond acceptors (Lipinski definition) is 0. The first-order valence-corrected chi connectivity index (χ1v) is 4.98. The first-order valence-electron chi connectivity index (χ1n) is 4.98. The maximum atomic E-state index is 2.20. The zero-order valence-electron chi connectivity index (χ0n) is 8.40. The van der Waals surface area contributed by atoms with Crippen LogP contribution in [0.2, 0.25) is 0 Å².